The minimum atomic E-state index is -0.780. The van der Waals surface area contributed by atoms with Crippen molar-refractivity contribution in [1.82, 2.24) is 0 Å². The number of hydrogen-bond donors (Lipinski definition) is 4. The summed E-state index contributed by atoms with van der Waals surface area (Å²) in [5.41, 5.74) is 0.409. The number of carboxylic acid groups (broad SMARTS) is 2. The Labute approximate surface area is 186 Å². The molecule has 0 amide bonds. The average Bonchev–Trinajstić information content (AvgIpc) is 2.65. The molecule has 0 unspecified atom stereocenters. The molecule has 0 fully saturated rings. The van der Waals surface area contributed by atoms with Crippen molar-refractivity contribution in [2.24, 2.45) is 10.8 Å². The van der Waals surface area contributed by atoms with Crippen LogP contribution < -0.4 is 0 Å². The SMILES string of the molecule is CC(C)(CCCCCCc1cc(O)cc(O)c1CCCCCC(C)(C)C(=O)O)C(=O)O. The van der Waals surface area contributed by atoms with E-state index in [0.29, 0.717) is 19.3 Å². The van der Waals surface area contributed by atoms with Crippen molar-refractivity contribution in [3.05, 3.63) is 23.3 Å². The summed E-state index contributed by atoms with van der Waals surface area (Å²) in [5.74, 6) is -1.37. The van der Waals surface area contributed by atoms with Gasteiger partial charge in [0.15, 0.2) is 0 Å². The number of aliphatic carboxylic acids is 2. The molecule has 0 saturated heterocycles. The maximum atomic E-state index is 11.2. The number of aromatic hydroxyl groups is 2. The normalized spacial score (nSPS) is 12.1. The van der Waals surface area contributed by atoms with Gasteiger partial charge in [0.2, 0.25) is 0 Å². The molecule has 1 aromatic carbocycles. The standard InChI is InChI=1S/C25H40O6/c1-24(2,22(28)29)14-10-6-5-8-12-18-16-19(26)17-21(27)20(18)13-9-7-11-15-25(3,4)23(30)31/h16-17,26-27H,5-15H2,1-4H3,(H,28,29)(H,30,31). The second kappa shape index (κ2) is 12.0. The number of phenolic OH excluding ortho intramolecular Hbond substituents is 2. The molecule has 1 aromatic rings. The van der Waals surface area contributed by atoms with Crippen LogP contribution in [-0.2, 0) is 22.4 Å². The quantitative estimate of drug-likeness (QED) is 0.254. The van der Waals surface area contributed by atoms with E-state index in [1.807, 2.05) is 0 Å². The molecule has 176 valence electrons. The number of rotatable bonds is 15. The van der Waals surface area contributed by atoms with Gasteiger partial charge in [-0.15, -0.1) is 0 Å². The summed E-state index contributed by atoms with van der Waals surface area (Å²) in [6, 6.07) is 3.09. The molecule has 0 atom stereocenters. The van der Waals surface area contributed by atoms with Crippen LogP contribution in [0.3, 0.4) is 0 Å². The van der Waals surface area contributed by atoms with E-state index in [1.54, 1.807) is 33.8 Å². The first-order valence-corrected chi connectivity index (χ1v) is 11.4. The van der Waals surface area contributed by atoms with Crippen LogP contribution in [0, 0.1) is 10.8 Å². The largest absolute Gasteiger partial charge is 0.508 e. The number of unbranched alkanes of at least 4 members (excludes halogenated alkanes) is 5. The minimum Gasteiger partial charge on any atom is -0.508 e. The lowest BCUT2D eigenvalue weighted by atomic mass is 9.86. The maximum Gasteiger partial charge on any atom is 0.309 e. The molecule has 0 aromatic heterocycles. The molecule has 0 aliphatic rings. The number of carboxylic acids is 2. The Kier molecular flexibility index (Phi) is 10.3. The van der Waals surface area contributed by atoms with Gasteiger partial charge in [0.1, 0.15) is 11.5 Å². The summed E-state index contributed by atoms with van der Waals surface area (Å²) in [6.45, 7) is 6.98. The van der Waals surface area contributed by atoms with Gasteiger partial charge in [-0.1, -0.05) is 32.1 Å². The van der Waals surface area contributed by atoms with Crippen LogP contribution in [0.1, 0.15) is 96.6 Å². The topological polar surface area (TPSA) is 115 Å². The second-order valence-electron chi connectivity index (χ2n) is 9.96. The Morgan fingerprint density at radius 3 is 1.68 bits per heavy atom. The van der Waals surface area contributed by atoms with Crippen LogP contribution in [0.2, 0.25) is 0 Å². The monoisotopic (exact) mass is 436 g/mol. The van der Waals surface area contributed by atoms with Crippen molar-refractivity contribution in [1.29, 1.82) is 0 Å². The zero-order valence-corrected chi connectivity index (χ0v) is 19.5. The predicted molar refractivity (Wildman–Crippen MR) is 122 cm³/mol. The molecule has 31 heavy (non-hydrogen) atoms. The van der Waals surface area contributed by atoms with E-state index < -0.39 is 22.8 Å². The zero-order valence-electron chi connectivity index (χ0n) is 19.5. The fraction of sp³-hybridized carbons (Fsp3) is 0.680. The lowest BCUT2D eigenvalue weighted by molar-refractivity contribution is -0.148. The third kappa shape index (κ3) is 9.19. The molecule has 6 nitrogen and oxygen atoms in total. The van der Waals surface area contributed by atoms with E-state index in [1.165, 1.54) is 6.07 Å². The van der Waals surface area contributed by atoms with E-state index in [2.05, 4.69) is 0 Å². The highest BCUT2D eigenvalue weighted by Crippen LogP contribution is 2.31. The van der Waals surface area contributed by atoms with Gasteiger partial charge in [-0.2, -0.15) is 0 Å². The number of carbonyl (C=O) groups is 2. The highest BCUT2D eigenvalue weighted by molar-refractivity contribution is 5.73. The van der Waals surface area contributed by atoms with Gasteiger partial charge in [-0.3, -0.25) is 9.59 Å². The molecule has 0 aliphatic heterocycles. The van der Waals surface area contributed by atoms with Crippen molar-refractivity contribution in [3.63, 3.8) is 0 Å². The Balaban J connectivity index is 2.49. The lowest BCUT2D eigenvalue weighted by Crippen LogP contribution is -2.23. The van der Waals surface area contributed by atoms with Crippen LogP contribution in [0.15, 0.2) is 12.1 Å². The Hall–Kier alpha value is -2.24. The first-order chi connectivity index (χ1) is 14.4. The Bertz CT molecular complexity index is 736. The van der Waals surface area contributed by atoms with Crippen molar-refractivity contribution >= 4 is 11.9 Å². The van der Waals surface area contributed by atoms with Gasteiger partial charge < -0.3 is 20.4 Å². The third-order valence-corrected chi connectivity index (χ3v) is 6.19. The summed E-state index contributed by atoms with van der Waals surface area (Å²) in [7, 11) is 0. The van der Waals surface area contributed by atoms with Gasteiger partial charge in [0.25, 0.3) is 0 Å². The summed E-state index contributed by atoms with van der Waals surface area (Å²) in [4.78, 5) is 22.3. The summed E-state index contributed by atoms with van der Waals surface area (Å²) >= 11 is 0. The van der Waals surface area contributed by atoms with Crippen LogP contribution >= 0.6 is 0 Å². The van der Waals surface area contributed by atoms with Gasteiger partial charge in [-0.05, 0) is 83.4 Å². The van der Waals surface area contributed by atoms with E-state index in [0.717, 1.165) is 62.5 Å². The number of phenols is 2. The van der Waals surface area contributed by atoms with Crippen molar-refractivity contribution in [2.75, 3.05) is 0 Å². The fourth-order valence-electron chi connectivity index (χ4n) is 3.71. The molecule has 0 radical (unpaired) electrons. The third-order valence-electron chi connectivity index (χ3n) is 6.19. The van der Waals surface area contributed by atoms with Gasteiger partial charge in [0.05, 0.1) is 10.8 Å². The molecular weight excluding hydrogens is 396 g/mol. The highest BCUT2D eigenvalue weighted by atomic mass is 16.4. The average molecular weight is 437 g/mol. The summed E-state index contributed by atoms with van der Waals surface area (Å²) in [5, 5.41) is 38.6. The van der Waals surface area contributed by atoms with E-state index in [9.17, 15) is 30.0 Å². The molecule has 0 aliphatic carbocycles. The maximum absolute atomic E-state index is 11.2. The Morgan fingerprint density at radius 2 is 1.16 bits per heavy atom. The number of hydrogen-bond acceptors (Lipinski definition) is 4. The second-order valence-corrected chi connectivity index (χ2v) is 9.96. The zero-order chi connectivity index (χ0) is 23.7. The fourth-order valence-corrected chi connectivity index (χ4v) is 3.71. The molecule has 4 N–H and O–H groups in total. The van der Waals surface area contributed by atoms with Crippen LogP contribution in [-0.4, -0.2) is 32.4 Å². The molecule has 0 bridgehead atoms. The first-order valence-electron chi connectivity index (χ1n) is 11.4. The molecule has 1 rings (SSSR count). The highest BCUT2D eigenvalue weighted by Gasteiger charge is 2.26. The smallest absolute Gasteiger partial charge is 0.309 e. The molecule has 0 heterocycles. The molecule has 0 saturated carbocycles. The van der Waals surface area contributed by atoms with E-state index >= 15 is 0 Å². The molecular formula is C25H40O6. The molecule has 6 heteroatoms. The van der Waals surface area contributed by atoms with Crippen LogP contribution in [0.5, 0.6) is 11.5 Å². The van der Waals surface area contributed by atoms with Crippen molar-refractivity contribution in [3.8, 4) is 11.5 Å². The summed E-state index contributed by atoms with van der Waals surface area (Å²) < 4.78 is 0. The van der Waals surface area contributed by atoms with Crippen molar-refractivity contribution < 1.29 is 30.0 Å². The Morgan fingerprint density at radius 1 is 0.710 bits per heavy atom. The number of benzene rings is 1. The molecule has 0 spiro atoms. The number of aryl methyl sites for hydroxylation is 1. The van der Waals surface area contributed by atoms with Crippen LogP contribution in [0.4, 0.5) is 0 Å². The van der Waals surface area contributed by atoms with E-state index in [-0.39, 0.29) is 11.5 Å². The first kappa shape index (κ1) is 26.8. The lowest BCUT2D eigenvalue weighted by Gasteiger charge is -2.19. The minimum absolute atomic E-state index is 0.0580. The van der Waals surface area contributed by atoms with Crippen molar-refractivity contribution in [2.45, 2.75) is 98.3 Å². The van der Waals surface area contributed by atoms with E-state index in [4.69, 9.17) is 0 Å². The van der Waals surface area contributed by atoms with Gasteiger partial charge >= 0.3 is 11.9 Å². The van der Waals surface area contributed by atoms with Gasteiger partial charge in [0, 0.05) is 6.07 Å². The predicted octanol–water partition coefficient (Wildman–Crippen LogP) is 5.92. The van der Waals surface area contributed by atoms with Gasteiger partial charge in [-0.25, -0.2) is 0 Å². The van der Waals surface area contributed by atoms with Crippen LogP contribution in [0.25, 0.3) is 0 Å². The summed E-state index contributed by atoms with van der Waals surface area (Å²) in [6.07, 6.45) is 8.98.